The molecule has 1 aliphatic heterocycles. The molecule has 2 amide bonds. The molecule has 1 aliphatic rings. The van der Waals surface area contributed by atoms with Crippen LogP contribution in [0, 0.1) is 0 Å². The van der Waals surface area contributed by atoms with E-state index in [9.17, 15) is 4.79 Å². The number of anilines is 1. The topological polar surface area (TPSA) is 82.8 Å². The van der Waals surface area contributed by atoms with E-state index in [0.717, 1.165) is 16.8 Å². The van der Waals surface area contributed by atoms with Crippen LogP contribution < -0.4 is 10.7 Å². The second-order valence-electron chi connectivity index (χ2n) is 6.09. The molecule has 1 aromatic carbocycles. The maximum atomic E-state index is 12.4. The van der Waals surface area contributed by atoms with Crippen LogP contribution >= 0.6 is 11.3 Å². The van der Waals surface area contributed by atoms with E-state index >= 15 is 0 Å². The summed E-state index contributed by atoms with van der Waals surface area (Å²) < 4.78 is 5.21. The van der Waals surface area contributed by atoms with Crippen molar-refractivity contribution < 1.29 is 9.21 Å². The number of hydrogen-bond acceptors (Lipinski definition) is 6. The van der Waals surface area contributed by atoms with Gasteiger partial charge in [-0.2, -0.15) is 5.10 Å². The van der Waals surface area contributed by atoms with E-state index < -0.39 is 0 Å². The van der Waals surface area contributed by atoms with Gasteiger partial charge in [0.05, 0.1) is 24.2 Å². The Morgan fingerprint density at radius 2 is 2.18 bits per heavy atom. The van der Waals surface area contributed by atoms with Gasteiger partial charge in [0.25, 0.3) is 0 Å². The Labute approximate surface area is 166 Å². The summed E-state index contributed by atoms with van der Waals surface area (Å²) in [6.07, 6.45) is 5.06. The fourth-order valence-corrected chi connectivity index (χ4v) is 3.58. The zero-order chi connectivity index (χ0) is 19.3. The third-order valence-electron chi connectivity index (χ3n) is 4.30. The van der Waals surface area contributed by atoms with Gasteiger partial charge in [-0.15, -0.1) is 11.3 Å². The molecule has 1 unspecified atom stereocenters. The summed E-state index contributed by atoms with van der Waals surface area (Å²) in [6, 6.07) is 13.1. The fourth-order valence-electron chi connectivity index (χ4n) is 2.92. The minimum Gasteiger partial charge on any atom is -0.463 e. The number of nitrogens with zero attached hydrogens (tertiary/aromatic N) is 3. The van der Waals surface area contributed by atoms with E-state index in [1.807, 2.05) is 54.9 Å². The second-order valence-corrected chi connectivity index (χ2v) is 6.95. The first-order valence-electron chi connectivity index (χ1n) is 8.87. The molecule has 3 heterocycles. The summed E-state index contributed by atoms with van der Waals surface area (Å²) in [5.74, 6) is 0.657. The van der Waals surface area contributed by atoms with Crippen molar-refractivity contribution in [3.8, 4) is 0 Å². The van der Waals surface area contributed by atoms with E-state index in [1.54, 1.807) is 23.4 Å². The first-order chi connectivity index (χ1) is 13.7. The Kier molecular flexibility index (Phi) is 5.20. The van der Waals surface area contributed by atoms with E-state index in [1.165, 1.54) is 11.3 Å². The number of hydrogen-bond donors (Lipinski definition) is 2. The van der Waals surface area contributed by atoms with E-state index in [4.69, 9.17) is 4.42 Å². The van der Waals surface area contributed by atoms with Crippen molar-refractivity contribution in [1.29, 1.82) is 0 Å². The fraction of sp³-hybridized carbons (Fsp3) is 0.150. The van der Waals surface area contributed by atoms with Gasteiger partial charge in [0.2, 0.25) is 5.13 Å². The first-order valence-corrected chi connectivity index (χ1v) is 9.75. The highest BCUT2D eigenvalue weighted by atomic mass is 32.1. The second kappa shape index (κ2) is 8.10. The number of thiazole rings is 1. The van der Waals surface area contributed by atoms with Crippen LogP contribution in [0.15, 0.2) is 69.8 Å². The Morgan fingerprint density at radius 1 is 1.32 bits per heavy atom. The number of rotatable bonds is 6. The Bertz CT molecular complexity index is 995. The minimum absolute atomic E-state index is 0.114. The van der Waals surface area contributed by atoms with Gasteiger partial charge in [0.15, 0.2) is 0 Å². The molecule has 3 aromatic rings. The Balaban J connectivity index is 1.59. The normalized spacial score (nSPS) is 16.9. The predicted octanol–water partition coefficient (Wildman–Crippen LogP) is 4.31. The highest BCUT2D eigenvalue weighted by Gasteiger charge is 2.29. The summed E-state index contributed by atoms with van der Waals surface area (Å²) in [4.78, 5) is 18.6. The third-order valence-corrected chi connectivity index (χ3v) is 5.05. The van der Waals surface area contributed by atoms with Crippen molar-refractivity contribution in [1.82, 2.24) is 15.2 Å². The molecule has 142 valence electrons. The molecule has 8 heteroatoms. The lowest BCUT2D eigenvalue weighted by atomic mass is 9.96. The molecular formula is C20H19N5O2S. The number of carbonyl (C=O) groups is 1. The molecule has 1 atom stereocenters. The maximum absolute atomic E-state index is 12.4. The van der Waals surface area contributed by atoms with Crippen LogP contribution in [0.5, 0.6) is 0 Å². The van der Waals surface area contributed by atoms with Crippen molar-refractivity contribution >= 4 is 34.3 Å². The van der Waals surface area contributed by atoms with Gasteiger partial charge in [-0.25, -0.2) is 9.78 Å². The number of amides is 2. The SMILES string of the molecule is CCN1C=C(c2csc(N/N=C/c3ccco3)n2)C(c2ccccc2)NC1=O. The molecule has 4 rings (SSSR count). The number of furan rings is 1. The average molecular weight is 393 g/mol. The lowest BCUT2D eigenvalue weighted by Crippen LogP contribution is -2.43. The average Bonchev–Trinajstić information content (AvgIpc) is 3.41. The molecule has 0 fully saturated rings. The van der Waals surface area contributed by atoms with Crippen LogP contribution in [0.4, 0.5) is 9.93 Å². The van der Waals surface area contributed by atoms with Gasteiger partial charge in [-0.3, -0.25) is 5.43 Å². The molecule has 0 radical (unpaired) electrons. The number of benzene rings is 1. The van der Waals surface area contributed by atoms with Crippen molar-refractivity contribution in [2.24, 2.45) is 5.10 Å². The largest absolute Gasteiger partial charge is 0.463 e. The van der Waals surface area contributed by atoms with Gasteiger partial charge in [0, 0.05) is 23.7 Å². The number of urea groups is 1. The van der Waals surface area contributed by atoms with Crippen LogP contribution in [0.2, 0.25) is 0 Å². The molecule has 2 aromatic heterocycles. The standard InChI is InChI=1S/C20H19N5O2S/c1-2-25-12-16(18(23-20(25)26)14-7-4-3-5-8-14)17-13-28-19(22-17)24-21-11-15-9-6-10-27-15/h3-13,18H,2H2,1H3,(H,22,24)(H,23,26)/b21-11+. The van der Waals surface area contributed by atoms with Crippen LogP contribution in [-0.4, -0.2) is 28.7 Å². The van der Waals surface area contributed by atoms with Gasteiger partial charge in [-0.05, 0) is 24.6 Å². The molecular weight excluding hydrogens is 374 g/mol. The van der Waals surface area contributed by atoms with Crippen molar-refractivity contribution in [3.05, 3.63) is 77.3 Å². The highest BCUT2D eigenvalue weighted by molar-refractivity contribution is 7.13. The smallest absolute Gasteiger partial charge is 0.322 e. The monoisotopic (exact) mass is 393 g/mol. The zero-order valence-corrected chi connectivity index (χ0v) is 16.0. The number of carbonyl (C=O) groups excluding carboxylic acids is 1. The summed E-state index contributed by atoms with van der Waals surface area (Å²) in [5, 5.41) is 9.83. The Morgan fingerprint density at radius 3 is 2.93 bits per heavy atom. The van der Waals surface area contributed by atoms with Crippen molar-refractivity contribution in [3.63, 3.8) is 0 Å². The predicted molar refractivity (Wildman–Crippen MR) is 110 cm³/mol. The van der Waals surface area contributed by atoms with Crippen molar-refractivity contribution in [2.45, 2.75) is 13.0 Å². The highest BCUT2D eigenvalue weighted by Crippen LogP contribution is 2.34. The van der Waals surface area contributed by atoms with Crippen LogP contribution in [0.1, 0.15) is 30.0 Å². The van der Waals surface area contributed by atoms with Crippen LogP contribution in [-0.2, 0) is 0 Å². The minimum atomic E-state index is -0.252. The van der Waals surface area contributed by atoms with Gasteiger partial charge >= 0.3 is 6.03 Å². The molecule has 7 nitrogen and oxygen atoms in total. The quantitative estimate of drug-likeness (QED) is 0.483. The third kappa shape index (κ3) is 3.81. The van der Waals surface area contributed by atoms with Gasteiger partial charge in [0.1, 0.15) is 5.76 Å². The maximum Gasteiger partial charge on any atom is 0.322 e. The lowest BCUT2D eigenvalue weighted by Gasteiger charge is -2.31. The number of aromatic nitrogens is 1. The number of hydrazone groups is 1. The zero-order valence-electron chi connectivity index (χ0n) is 15.2. The molecule has 0 aliphatic carbocycles. The van der Waals surface area contributed by atoms with E-state index in [0.29, 0.717) is 17.4 Å². The van der Waals surface area contributed by atoms with Gasteiger partial charge < -0.3 is 14.6 Å². The Hall–Kier alpha value is -3.39. The molecule has 0 saturated carbocycles. The van der Waals surface area contributed by atoms with Crippen LogP contribution in [0.3, 0.4) is 0 Å². The molecule has 0 spiro atoms. The summed E-state index contributed by atoms with van der Waals surface area (Å²) in [6.45, 7) is 2.52. The molecule has 2 N–H and O–H groups in total. The summed E-state index contributed by atoms with van der Waals surface area (Å²) >= 11 is 1.45. The molecule has 0 bridgehead atoms. The summed E-state index contributed by atoms with van der Waals surface area (Å²) in [7, 11) is 0. The van der Waals surface area contributed by atoms with E-state index in [-0.39, 0.29) is 12.1 Å². The van der Waals surface area contributed by atoms with Gasteiger partial charge in [-0.1, -0.05) is 30.3 Å². The van der Waals surface area contributed by atoms with Crippen molar-refractivity contribution in [2.75, 3.05) is 12.0 Å². The number of nitrogens with one attached hydrogen (secondary N) is 2. The molecule has 28 heavy (non-hydrogen) atoms. The lowest BCUT2D eigenvalue weighted by molar-refractivity contribution is 0.212. The van der Waals surface area contributed by atoms with Crippen LogP contribution in [0.25, 0.3) is 5.57 Å². The summed E-state index contributed by atoms with van der Waals surface area (Å²) in [5.41, 5.74) is 5.67. The first kappa shape index (κ1) is 18.0. The molecule has 0 saturated heterocycles. The van der Waals surface area contributed by atoms with E-state index in [2.05, 4.69) is 20.8 Å².